The quantitative estimate of drug-likeness (QED) is 0.677. The first-order valence-corrected chi connectivity index (χ1v) is 6.09. The maximum absolute atomic E-state index is 11.4. The van der Waals surface area contributed by atoms with Gasteiger partial charge in [0.15, 0.2) is 0 Å². The number of hydrogen-bond donors (Lipinski definition) is 1. The van der Waals surface area contributed by atoms with Crippen LogP contribution in [0.25, 0.3) is 0 Å². The third-order valence-corrected chi connectivity index (χ3v) is 2.94. The fourth-order valence-corrected chi connectivity index (χ4v) is 1.80. The Morgan fingerprint density at radius 3 is 2.59 bits per heavy atom. The zero-order valence-electron chi connectivity index (χ0n) is 9.23. The minimum Gasteiger partial charge on any atom is -0.469 e. The van der Waals surface area contributed by atoms with Crippen molar-refractivity contribution in [3.05, 3.63) is 29.3 Å². The van der Waals surface area contributed by atoms with Gasteiger partial charge in [0, 0.05) is 16.5 Å². The van der Waals surface area contributed by atoms with E-state index in [0.717, 1.165) is 16.7 Å². The summed E-state index contributed by atoms with van der Waals surface area (Å²) in [6, 6.07) is 6.94. The van der Waals surface area contributed by atoms with E-state index in [1.165, 1.54) is 7.11 Å². The van der Waals surface area contributed by atoms with Crippen LogP contribution in [0, 0.1) is 0 Å². The van der Waals surface area contributed by atoms with Gasteiger partial charge in [-0.25, -0.2) is 0 Å². The van der Waals surface area contributed by atoms with Crippen molar-refractivity contribution in [3.63, 3.8) is 0 Å². The zero-order chi connectivity index (χ0) is 12.7. The van der Waals surface area contributed by atoms with E-state index in [1.807, 2.05) is 0 Å². The average Bonchev–Trinajstić information content (AvgIpc) is 2.32. The van der Waals surface area contributed by atoms with Crippen LogP contribution in [0.2, 0.25) is 5.02 Å². The number of halogens is 1. The van der Waals surface area contributed by atoms with Crippen LogP contribution in [0.4, 0.5) is 4.79 Å². The number of carbonyl (C=O) groups excluding carboxylic acids is 2. The van der Waals surface area contributed by atoms with Crippen LogP contribution in [0.15, 0.2) is 29.2 Å². The van der Waals surface area contributed by atoms with Gasteiger partial charge in [0.1, 0.15) is 0 Å². The molecule has 1 aromatic rings. The van der Waals surface area contributed by atoms with Gasteiger partial charge in [-0.15, -0.1) is 0 Å². The largest absolute Gasteiger partial charge is 0.469 e. The van der Waals surface area contributed by atoms with Crippen LogP contribution in [0.1, 0.15) is 6.42 Å². The predicted octanol–water partition coefficient (Wildman–Crippen LogP) is 2.70. The summed E-state index contributed by atoms with van der Waals surface area (Å²) in [4.78, 5) is 23.0. The van der Waals surface area contributed by atoms with Crippen LogP contribution in [-0.2, 0) is 9.53 Å². The van der Waals surface area contributed by atoms with Crippen molar-refractivity contribution in [1.82, 2.24) is 5.32 Å². The zero-order valence-corrected chi connectivity index (χ0v) is 10.8. The first-order valence-electron chi connectivity index (χ1n) is 4.90. The first-order chi connectivity index (χ1) is 8.11. The molecular weight excluding hydrogens is 262 g/mol. The molecule has 92 valence electrons. The Kier molecular flexibility index (Phi) is 5.86. The Morgan fingerprint density at radius 2 is 2.00 bits per heavy atom. The van der Waals surface area contributed by atoms with E-state index in [2.05, 4.69) is 10.1 Å². The number of nitrogens with one attached hydrogen (secondary N) is 1. The molecule has 1 N–H and O–H groups in total. The van der Waals surface area contributed by atoms with Crippen LogP contribution in [0.3, 0.4) is 0 Å². The standard InChI is InChI=1S/C11H12ClNO3S/c1-16-10(14)6-7-13-11(15)17-9-4-2-8(12)3-5-9/h2-5H,6-7H2,1H3,(H,13,15). The van der Waals surface area contributed by atoms with Gasteiger partial charge in [0.05, 0.1) is 13.5 Å². The maximum atomic E-state index is 11.4. The van der Waals surface area contributed by atoms with E-state index in [9.17, 15) is 9.59 Å². The summed E-state index contributed by atoms with van der Waals surface area (Å²) >= 11 is 6.77. The molecule has 0 aromatic heterocycles. The number of benzene rings is 1. The third kappa shape index (κ3) is 5.60. The molecule has 0 aliphatic carbocycles. The number of ether oxygens (including phenoxy) is 1. The van der Waals surface area contributed by atoms with E-state index >= 15 is 0 Å². The summed E-state index contributed by atoms with van der Waals surface area (Å²) in [5.41, 5.74) is 0. The van der Waals surface area contributed by atoms with Crippen molar-refractivity contribution in [2.45, 2.75) is 11.3 Å². The van der Waals surface area contributed by atoms with Crippen LogP contribution in [0.5, 0.6) is 0 Å². The van der Waals surface area contributed by atoms with Gasteiger partial charge in [-0.3, -0.25) is 9.59 Å². The molecule has 1 amide bonds. The number of rotatable bonds is 4. The van der Waals surface area contributed by atoms with Crippen LogP contribution >= 0.6 is 23.4 Å². The smallest absolute Gasteiger partial charge is 0.307 e. The van der Waals surface area contributed by atoms with Crippen molar-refractivity contribution in [1.29, 1.82) is 0 Å². The van der Waals surface area contributed by atoms with E-state index in [-0.39, 0.29) is 24.2 Å². The summed E-state index contributed by atoms with van der Waals surface area (Å²) in [5.74, 6) is -0.346. The van der Waals surface area contributed by atoms with Gasteiger partial charge in [0.25, 0.3) is 5.24 Å². The van der Waals surface area contributed by atoms with E-state index in [0.29, 0.717) is 5.02 Å². The van der Waals surface area contributed by atoms with Gasteiger partial charge >= 0.3 is 5.97 Å². The second kappa shape index (κ2) is 7.19. The van der Waals surface area contributed by atoms with Gasteiger partial charge in [-0.05, 0) is 36.0 Å². The molecule has 0 atom stereocenters. The van der Waals surface area contributed by atoms with Crippen LogP contribution < -0.4 is 5.32 Å². The lowest BCUT2D eigenvalue weighted by Crippen LogP contribution is -2.22. The number of amides is 1. The summed E-state index contributed by atoms with van der Waals surface area (Å²) in [6.45, 7) is 0.270. The Balaban J connectivity index is 2.30. The van der Waals surface area contributed by atoms with Gasteiger partial charge in [0.2, 0.25) is 0 Å². The lowest BCUT2D eigenvalue weighted by atomic mass is 10.4. The fourth-order valence-electron chi connectivity index (χ4n) is 1.01. The molecule has 0 fully saturated rings. The molecule has 6 heteroatoms. The maximum Gasteiger partial charge on any atom is 0.307 e. The van der Waals surface area contributed by atoms with Gasteiger partial charge in [-0.2, -0.15) is 0 Å². The normalized spacial score (nSPS) is 9.76. The fraction of sp³-hybridized carbons (Fsp3) is 0.273. The average molecular weight is 274 g/mol. The topological polar surface area (TPSA) is 55.4 Å². The summed E-state index contributed by atoms with van der Waals surface area (Å²) in [6.07, 6.45) is 0.170. The molecule has 1 aromatic carbocycles. The molecule has 0 aliphatic heterocycles. The Hall–Kier alpha value is -1.20. The minimum atomic E-state index is -0.346. The molecule has 0 radical (unpaired) electrons. The molecule has 0 unspecified atom stereocenters. The minimum absolute atomic E-state index is 0.170. The number of hydrogen-bond acceptors (Lipinski definition) is 4. The Morgan fingerprint density at radius 1 is 1.35 bits per heavy atom. The predicted molar refractivity (Wildman–Crippen MR) is 67.3 cm³/mol. The highest BCUT2D eigenvalue weighted by atomic mass is 35.5. The Labute approximate surface area is 109 Å². The third-order valence-electron chi connectivity index (χ3n) is 1.85. The van der Waals surface area contributed by atoms with E-state index < -0.39 is 0 Å². The highest BCUT2D eigenvalue weighted by Gasteiger charge is 2.05. The van der Waals surface area contributed by atoms with Crippen molar-refractivity contribution in [2.75, 3.05) is 13.7 Å². The lowest BCUT2D eigenvalue weighted by Gasteiger charge is -2.03. The monoisotopic (exact) mass is 273 g/mol. The number of esters is 1. The molecule has 0 saturated heterocycles. The molecule has 4 nitrogen and oxygen atoms in total. The summed E-state index contributed by atoms with van der Waals surface area (Å²) < 4.78 is 4.45. The number of thioether (sulfide) groups is 1. The second-order valence-corrected chi connectivity index (χ2v) is 4.58. The molecular formula is C11H12ClNO3S. The number of carbonyl (C=O) groups is 2. The molecule has 0 aliphatic rings. The van der Waals surface area contributed by atoms with Gasteiger partial charge in [-0.1, -0.05) is 11.6 Å². The summed E-state index contributed by atoms with van der Waals surface area (Å²) in [7, 11) is 1.31. The van der Waals surface area contributed by atoms with Crippen molar-refractivity contribution < 1.29 is 14.3 Å². The molecule has 17 heavy (non-hydrogen) atoms. The molecule has 1 rings (SSSR count). The first kappa shape index (κ1) is 13.9. The van der Waals surface area contributed by atoms with Crippen molar-refractivity contribution >= 4 is 34.6 Å². The highest BCUT2D eigenvalue weighted by Crippen LogP contribution is 2.20. The Bertz CT molecular complexity index is 394. The molecule has 0 bridgehead atoms. The SMILES string of the molecule is COC(=O)CCNC(=O)Sc1ccc(Cl)cc1. The van der Waals surface area contributed by atoms with E-state index in [1.54, 1.807) is 24.3 Å². The lowest BCUT2D eigenvalue weighted by molar-refractivity contribution is -0.140. The van der Waals surface area contributed by atoms with E-state index in [4.69, 9.17) is 11.6 Å². The highest BCUT2D eigenvalue weighted by molar-refractivity contribution is 8.13. The van der Waals surface area contributed by atoms with Crippen molar-refractivity contribution in [2.24, 2.45) is 0 Å². The number of methoxy groups -OCH3 is 1. The van der Waals surface area contributed by atoms with Gasteiger partial charge < -0.3 is 10.1 Å². The second-order valence-electron chi connectivity index (χ2n) is 3.10. The molecule has 0 spiro atoms. The van der Waals surface area contributed by atoms with Crippen molar-refractivity contribution in [3.8, 4) is 0 Å². The molecule has 0 heterocycles. The molecule has 0 saturated carbocycles. The van der Waals surface area contributed by atoms with Crippen LogP contribution in [-0.4, -0.2) is 24.9 Å². The summed E-state index contributed by atoms with van der Waals surface area (Å²) in [5, 5.41) is 3.01.